The highest BCUT2D eigenvalue weighted by atomic mass is 32.2. The zero-order valence-corrected chi connectivity index (χ0v) is 9.46. The lowest BCUT2D eigenvalue weighted by Gasteiger charge is -2.11. The van der Waals surface area contributed by atoms with Crippen molar-refractivity contribution in [3.05, 3.63) is 47.5 Å². The third kappa shape index (κ3) is 3.66. The fourth-order valence-corrected chi connectivity index (χ4v) is 1.34. The summed E-state index contributed by atoms with van der Waals surface area (Å²) in [5.74, 6) is 0.387. The number of ether oxygens (including phenoxy) is 1. The Balaban J connectivity index is 4.48. The van der Waals surface area contributed by atoms with Crippen molar-refractivity contribution in [1.82, 2.24) is 0 Å². The van der Waals surface area contributed by atoms with Gasteiger partial charge in [-0.05, 0) is 11.8 Å². The molecule has 0 spiro atoms. The maximum atomic E-state index is 7.73. The number of hydrogen-bond acceptors (Lipinski definition) is 3. The van der Waals surface area contributed by atoms with Gasteiger partial charge in [-0.15, -0.1) is 0 Å². The van der Waals surface area contributed by atoms with Crippen molar-refractivity contribution in [1.29, 1.82) is 5.41 Å². The second-order valence-corrected chi connectivity index (χ2v) is 4.10. The van der Waals surface area contributed by atoms with E-state index in [4.69, 9.17) is 10.1 Å². The molecule has 0 aromatic rings. The molecule has 1 N–H and O–H groups in total. The first kappa shape index (κ1) is 12.8. The molecule has 0 fully saturated rings. The molecule has 0 saturated heterocycles. The Morgan fingerprint density at radius 2 is 1.71 bits per heavy atom. The molecular formula is C11H15NOS. The number of methoxy groups -OCH3 is 1. The van der Waals surface area contributed by atoms with Gasteiger partial charge in [-0.25, -0.2) is 0 Å². The molecule has 14 heavy (non-hydrogen) atoms. The highest BCUT2D eigenvalue weighted by Gasteiger charge is 2.11. The van der Waals surface area contributed by atoms with Gasteiger partial charge in [0.1, 0.15) is 5.76 Å². The van der Waals surface area contributed by atoms with Crippen molar-refractivity contribution in [2.45, 2.75) is 6.92 Å². The molecule has 0 unspecified atom stereocenters. The van der Waals surface area contributed by atoms with Crippen molar-refractivity contribution in [3.63, 3.8) is 0 Å². The van der Waals surface area contributed by atoms with Gasteiger partial charge in [0.25, 0.3) is 0 Å². The molecular weight excluding hydrogens is 194 g/mol. The summed E-state index contributed by atoms with van der Waals surface area (Å²) in [6, 6.07) is 0. The molecule has 76 valence electrons. The molecule has 0 aliphatic heterocycles. The van der Waals surface area contributed by atoms with Crippen LogP contribution < -0.4 is 0 Å². The van der Waals surface area contributed by atoms with Crippen LogP contribution in [0.3, 0.4) is 0 Å². The van der Waals surface area contributed by atoms with Crippen molar-refractivity contribution < 1.29 is 4.74 Å². The molecule has 0 amide bonds. The summed E-state index contributed by atoms with van der Waals surface area (Å²) >= 11 is 1.35. The lowest BCUT2D eigenvalue weighted by atomic mass is 10.1. The van der Waals surface area contributed by atoms with E-state index >= 15 is 0 Å². The Morgan fingerprint density at radius 1 is 1.21 bits per heavy atom. The van der Waals surface area contributed by atoms with Gasteiger partial charge < -0.3 is 4.74 Å². The molecule has 3 heteroatoms. The van der Waals surface area contributed by atoms with Crippen molar-refractivity contribution in [3.8, 4) is 0 Å². The van der Waals surface area contributed by atoms with E-state index in [0.29, 0.717) is 16.2 Å². The largest absolute Gasteiger partial charge is 0.497 e. The van der Waals surface area contributed by atoms with Crippen LogP contribution in [0.25, 0.3) is 0 Å². The predicted octanol–water partition coefficient (Wildman–Crippen LogP) is 3.50. The minimum absolute atomic E-state index is 0.241. The van der Waals surface area contributed by atoms with Crippen molar-refractivity contribution >= 4 is 17.5 Å². The van der Waals surface area contributed by atoms with Crippen LogP contribution in [0.15, 0.2) is 47.5 Å². The van der Waals surface area contributed by atoms with E-state index in [2.05, 4.69) is 26.3 Å². The van der Waals surface area contributed by atoms with Gasteiger partial charge in [0.15, 0.2) is 0 Å². The molecule has 0 aliphatic carbocycles. The first-order valence-corrected chi connectivity index (χ1v) is 4.75. The Hall–Kier alpha value is -1.22. The maximum absolute atomic E-state index is 7.73. The summed E-state index contributed by atoms with van der Waals surface area (Å²) in [7, 11) is 1.50. The van der Waals surface area contributed by atoms with Crippen LogP contribution >= 0.6 is 11.8 Å². The number of allylic oxidation sites excluding steroid dienone is 3. The molecule has 0 radical (unpaired) electrons. The third-order valence-electron chi connectivity index (χ3n) is 1.46. The number of thioether (sulfide) groups is 1. The SMILES string of the molecule is C=C(C)SC(=C)C(=N)C(=C)C(=C)OC. The molecule has 0 aromatic heterocycles. The standard InChI is InChI=1S/C11H15NOS/c1-7(2)14-10(5)11(12)8(3)9(4)13-6/h12H,1,3-5H2,2,6H3. The first-order valence-electron chi connectivity index (χ1n) is 3.93. The van der Waals surface area contributed by atoms with Gasteiger partial charge in [0.05, 0.1) is 12.8 Å². The summed E-state index contributed by atoms with van der Waals surface area (Å²) in [5.41, 5.74) is 0.691. The highest BCUT2D eigenvalue weighted by Crippen LogP contribution is 2.26. The van der Waals surface area contributed by atoms with E-state index in [1.807, 2.05) is 6.92 Å². The molecule has 2 nitrogen and oxygen atoms in total. The average molecular weight is 209 g/mol. The second kappa shape index (κ2) is 5.50. The van der Waals surface area contributed by atoms with Gasteiger partial charge in [-0.2, -0.15) is 0 Å². The Labute approximate surface area is 89.6 Å². The summed E-state index contributed by atoms with van der Waals surface area (Å²) < 4.78 is 4.88. The van der Waals surface area contributed by atoms with Gasteiger partial charge in [0, 0.05) is 10.5 Å². The van der Waals surface area contributed by atoms with Crippen LogP contribution in [0.2, 0.25) is 0 Å². The minimum Gasteiger partial charge on any atom is -0.497 e. The van der Waals surface area contributed by atoms with Gasteiger partial charge in [-0.1, -0.05) is 38.1 Å². The zero-order chi connectivity index (χ0) is 11.3. The van der Waals surface area contributed by atoms with Gasteiger partial charge in [-0.3, -0.25) is 5.41 Å². The summed E-state index contributed by atoms with van der Waals surface area (Å²) in [5, 5.41) is 7.73. The smallest absolute Gasteiger partial charge is 0.120 e. The maximum Gasteiger partial charge on any atom is 0.120 e. The predicted molar refractivity (Wildman–Crippen MR) is 64.6 cm³/mol. The van der Waals surface area contributed by atoms with E-state index < -0.39 is 0 Å². The summed E-state index contributed by atoms with van der Waals surface area (Å²) in [6.45, 7) is 16.7. The number of hydrogen-bond donors (Lipinski definition) is 1. The molecule has 0 bridgehead atoms. The third-order valence-corrected chi connectivity index (χ3v) is 2.26. The minimum atomic E-state index is 0.241. The topological polar surface area (TPSA) is 33.1 Å². The van der Waals surface area contributed by atoms with E-state index in [-0.39, 0.29) is 5.71 Å². The molecule has 0 atom stereocenters. The Bertz CT molecular complexity index is 315. The molecule has 0 aromatic carbocycles. The van der Waals surface area contributed by atoms with Crippen LogP contribution in [-0.2, 0) is 4.74 Å². The molecule has 0 heterocycles. The summed E-state index contributed by atoms with van der Waals surface area (Å²) in [4.78, 5) is 1.48. The van der Waals surface area contributed by atoms with E-state index in [1.54, 1.807) is 0 Å². The average Bonchev–Trinajstić information content (AvgIpc) is 2.13. The van der Waals surface area contributed by atoms with Crippen LogP contribution in [0.1, 0.15) is 6.92 Å². The van der Waals surface area contributed by atoms with Gasteiger partial charge >= 0.3 is 0 Å². The van der Waals surface area contributed by atoms with Gasteiger partial charge in [0.2, 0.25) is 0 Å². The second-order valence-electron chi connectivity index (χ2n) is 2.71. The van der Waals surface area contributed by atoms with E-state index in [0.717, 1.165) is 4.91 Å². The lowest BCUT2D eigenvalue weighted by Crippen LogP contribution is -2.04. The number of rotatable bonds is 6. The number of nitrogens with one attached hydrogen (secondary N) is 1. The fourth-order valence-electron chi connectivity index (χ4n) is 0.692. The first-order chi connectivity index (χ1) is 6.40. The monoisotopic (exact) mass is 209 g/mol. The Kier molecular flexibility index (Phi) is 5.02. The molecule has 0 rings (SSSR count). The van der Waals surface area contributed by atoms with Crippen LogP contribution in [-0.4, -0.2) is 12.8 Å². The quantitative estimate of drug-likeness (QED) is 0.412. The van der Waals surface area contributed by atoms with Crippen molar-refractivity contribution in [2.24, 2.45) is 0 Å². The normalized spacial score (nSPS) is 9.00. The van der Waals surface area contributed by atoms with Crippen LogP contribution in [0.5, 0.6) is 0 Å². The van der Waals surface area contributed by atoms with Crippen LogP contribution in [0, 0.1) is 5.41 Å². The molecule has 0 saturated carbocycles. The molecule has 0 aliphatic rings. The van der Waals surface area contributed by atoms with Crippen LogP contribution in [0.4, 0.5) is 0 Å². The fraction of sp³-hybridized carbons (Fsp3) is 0.182. The highest BCUT2D eigenvalue weighted by molar-refractivity contribution is 8.07. The lowest BCUT2D eigenvalue weighted by molar-refractivity contribution is 0.306. The summed E-state index contributed by atoms with van der Waals surface area (Å²) in [6.07, 6.45) is 0. The van der Waals surface area contributed by atoms with E-state index in [9.17, 15) is 0 Å². The van der Waals surface area contributed by atoms with Crippen molar-refractivity contribution in [2.75, 3.05) is 7.11 Å². The Morgan fingerprint density at radius 3 is 2.07 bits per heavy atom. The van der Waals surface area contributed by atoms with E-state index in [1.165, 1.54) is 18.9 Å². The zero-order valence-electron chi connectivity index (χ0n) is 8.64.